The maximum atomic E-state index is 11.5. The molecule has 0 aliphatic rings. The molecule has 92 valence electrons. The summed E-state index contributed by atoms with van der Waals surface area (Å²) in [5.41, 5.74) is 0.475. The molecule has 0 amide bonds. The molecule has 0 aliphatic carbocycles. The molecule has 1 unspecified atom stereocenters. The van der Waals surface area contributed by atoms with Crippen molar-refractivity contribution in [3.8, 4) is 11.5 Å². The number of halogens is 1. The molecule has 0 N–H and O–H groups in total. The van der Waals surface area contributed by atoms with E-state index >= 15 is 0 Å². The average molecular weight is 257 g/mol. The topological polar surface area (TPSA) is 52.6 Å². The molecule has 0 fully saturated rings. The SMILES string of the molecule is COc1cc(OC)cc(C(Cl)C(=O)C(C)=O)c1. The van der Waals surface area contributed by atoms with E-state index in [4.69, 9.17) is 21.1 Å². The van der Waals surface area contributed by atoms with Gasteiger partial charge in [0, 0.05) is 13.0 Å². The second kappa shape index (κ2) is 5.68. The van der Waals surface area contributed by atoms with E-state index in [1.54, 1.807) is 18.2 Å². The van der Waals surface area contributed by atoms with Gasteiger partial charge in [-0.15, -0.1) is 11.6 Å². The summed E-state index contributed by atoms with van der Waals surface area (Å²) in [6.45, 7) is 1.19. The maximum Gasteiger partial charge on any atom is 0.220 e. The third-order valence-electron chi connectivity index (χ3n) is 2.24. The van der Waals surface area contributed by atoms with Gasteiger partial charge in [-0.05, 0) is 17.7 Å². The van der Waals surface area contributed by atoms with Crippen LogP contribution in [0.25, 0.3) is 0 Å². The van der Waals surface area contributed by atoms with E-state index < -0.39 is 16.9 Å². The Bertz CT molecular complexity index is 420. The summed E-state index contributed by atoms with van der Waals surface area (Å²) in [6, 6.07) is 4.85. The number of hydrogen-bond acceptors (Lipinski definition) is 4. The van der Waals surface area contributed by atoms with Gasteiger partial charge in [-0.3, -0.25) is 9.59 Å². The standard InChI is InChI=1S/C12H13ClO4/c1-7(14)12(15)11(13)8-4-9(16-2)6-10(5-8)17-3/h4-6,11H,1-3H3. The third kappa shape index (κ3) is 3.20. The molecule has 1 aromatic rings. The number of alkyl halides is 1. The normalized spacial score (nSPS) is 11.8. The Balaban J connectivity index is 3.12. The molecule has 1 rings (SSSR count). The van der Waals surface area contributed by atoms with Crippen molar-refractivity contribution in [1.82, 2.24) is 0 Å². The molecular formula is C12H13ClO4. The first-order chi connectivity index (χ1) is 7.99. The van der Waals surface area contributed by atoms with E-state index in [1.807, 2.05) is 0 Å². The maximum absolute atomic E-state index is 11.5. The molecular weight excluding hydrogens is 244 g/mol. The number of methoxy groups -OCH3 is 2. The Kier molecular flexibility index (Phi) is 4.52. The highest BCUT2D eigenvalue weighted by atomic mass is 35.5. The number of carbonyl (C=O) groups excluding carboxylic acids is 2. The first kappa shape index (κ1) is 13.5. The first-order valence-corrected chi connectivity index (χ1v) is 5.35. The molecule has 0 heterocycles. The Morgan fingerprint density at radius 1 is 1.12 bits per heavy atom. The van der Waals surface area contributed by atoms with Crippen LogP contribution in [0.15, 0.2) is 18.2 Å². The average Bonchev–Trinajstić information content (AvgIpc) is 2.35. The Hall–Kier alpha value is -1.55. The second-order valence-corrected chi connectivity index (χ2v) is 3.87. The highest BCUT2D eigenvalue weighted by molar-refractivity contribution is 6.48. The van der Waals surface area contributed by atoms with Crippen molar-refractivity contribution >= 4 is 23.2 Å². The fraction of sp³-hybridized carbons (Fsp3) is 0.333. The molecule has 0 saturated carbocycles. The lowest BCUT2D eigenvalue weighted by molar-refractivity contribution is -0.135. The van der Waals surface area contributed by atoms with Gasteiger partial charge < -0.3 is 9.47 Å². The summed E-state index contributed by atoms with van der Waals surface area (Å²) >= 11 is 5.93. The van der Waals surface area contributed by atoms with Gasteiger partial charge in [0.15, 0.2) is 5.78 Å². The van der Waals surface area contributed by atoms with E-state index in [2.05, 4.69) is 0 Å². The highest BCUT2D eigenvalue weighted by Gasteiger charge is 2.22. The van der Waals surface area contributed by atoms with Crippen LogP contribution >= 0.6 is 11.6 Å². The predicted octanol–water partition coefficient (Wildman–Crippen LogP) is 2.14. The molecule has 0 spiro atoms. The first-order valence-electron chi connectivity index (χ1n) is 4.91. The zero-order chi connectivity index (χ0) is 13.0. The predicted molar refractivity (Wildman–Crippen MR) is 63.8 cm³/mol. The minimum atomic E-state index is -1.02. The number of ether oxygens (including phenoxy) is 2. The fourth-order valence-electron chi connectivity index (χ4n) is 1.31. The Morgan fingerprint density at radius 2 is 1.59 bits per heavy atom. The molecule has 1 atom stereocenters. The van der Waals surface area contributed by atoms with Crippen LogP contribution in [-0.2, 0) is 9.59 Å². The van der Waals surface area contributed by atoms with E-state index in [0.717, 1.165) is 0 Å². The molecule has 0 saturated heterocycles. The zero-order valence-corrected chi connectivity index (χ0v) is 10.6. The van der Waals surface area contributed by atoms with Gasteiger partial charge >= 0.3 is 0 Å². The Labute approximate surface area is 104 Å². The highest BCUT2D eigenvalue weighted by Crippen LogP contribution is 2.30. The molecule has 0 bridgehead atoms. The molecule has 1 aromatic carbocycles. The van der Waals surface area contributed by atoms with Crippen molar-refractivity contribution in [2.24, 2.45) is 0 Å². The van der Waals surface area contributed by atoms with Crippen molar-refractivity contribution in [3.63, 3.8) is 0 Å². The van der Waals surface area contributed by atoms with Gasteiger partial charge in [-0.2, -0.15) is 0 Å². The van der Waals surface area contributed by atoms with Crippen LogP contribution < -0.4 is 9.47 Å². The van der Waals surface area contributed by atoms with Crippen molar-refractivity contribution in [3.05, 3.63) is 23.8 Å². The summed E-state index contributed by atoms with van der Waals surface area (Å²) in [6.07, 6.45) is 0. The number of rotatable bonds is 5. The minimum Gasteiger partial charge on any atom is -0.497 e. The van der Waals surface area contributed by atoms with Crippen LogP contribution in [0.1, 0.15) is 17.9 Å². The van der Waals surface area contributed by atoms with Crippen LogP contribution in [0.4, 0.5) is 0 Å². The molecule has 4 nitrogen and oxygen atoms in total. The lowest BCUT2D eigenvalue weighted by atomic mass is 10.1. The number of Topliss-reactive ketones (excluding diaryl/α,β-unsaturated/α-hetero) is 2. The van der Waals surface area contributed by atoms with Crippen molar-refractivity contribution < 1.29 is 19.1 Å². The van der Waals surface area contributed by atoms with Crippen LogP contribution in [0.2, 0.25) is 0 Å². The molecule has 17 heavy (non-hydrogen) atoms. The van der Waals surface area contributed by atoms with Crippen LogP contribution in [0.5, 0.6) is 11.5 Å². The van der Waals surface area contributed by atoms with E-state index in [-0.39, 0.29) is 0 Å². The van der Waals surface area contributed by atoms with Crippen LogP contribution in [0, 0.1) is 0 Å². The largest absolute Gasteiger partial charge is 0.497 e. The molecule has 0 radical (unpaired) electrons. The smallest absolute Gasteiger partial charge is 0.220 e. The van der Waals surface area contributed by atoms with Gasteiger partial charge in [0.1, 0.15) is 16.9 Å². The molecule has 0 aliphatic heterocycles. The monoisotopic (exact) mass is 256 g/mol. The summed E-state index contributed by atoms with van der Waals surface area (Å²) < 4.78 is 10.1. The fourth-order valence-corrected chi connectivity index (χ4v) is 1.59. The summed E-state index contributed by atoms with van der Waals surface area (Å²) in [5.74, 6) is -0.198. The van der Waals surface area contributed by atoms with E-state index in [1.165, 1.54) is 21.1 Å². The van der Waals surface area contributed by atoms with Crippen LogP contribution in [0.3, 0.4) is 0 Å². The van der Waals surface area contributed by atoms with Gasteiger partial charge in [0.2, 0.25) is 5.78 Å². The number of benzene rings is 1. The lowest BCUT2D eigenvalue weighted by Crippen LogP contribution is -2.15. The van der Waals surface area contributed by atoms with Gasteiger partial charge in [-0.25, -0.2) is 0 Å². The number of hydrogen-bond donors (Lipinski definition) is 0. The van der Waals surface area contributed by atoms with Gasteiger partial charge in [-0.1, -0.05) is 0 Å². The van der Waals surface area contributed by atoms with Gasteiger partial charge in [0.25, 0.3) is 0 Å². The zero-order valence-electron chi connectivity index (χ0n) is 9.82. The van der Waals surface area contributed by atoms with Crippen molar-refractivity contribution in [2.75, 3.05) is 14.2 Å². The summed E-state index contributed by atoms with van der Waals surface area (Å²) in [4.78, 5) is 22.5. The molecule has 0 aromatic heterocycles. The van der Waals surface area contributed by atoms with Crippen LogP contribution in [-0.4, -0.2) is 25.8 Å². The number of ketones is 2. The molecule has 5 heteroatoms. The van der Waals surface area contributed by atoms with E-state index in [9.17, 15) is 9.59 Å². The third-order valence-corrected chi connectivity index (χ3v) is 2.69. The quantitative estimate of drug-likeness (QED) is 0.598. The van der Waals surface area contributed by atoms with E-state index in [0.29, 0.717) is 17.1 Å². The van der Waals surface area contributed by atoms with Gasteiger partial charge in [0.05, 0.1) is 14.2 Å². The summed E-state index contributed by atoms with van der Waals surface area (Å²) in [5, 5.41) is -1.02. The summed E-state index contributed by atoms with van der Waals surface area (Å²) in [7, 11) is 2.99. The van der Waals surface area contributed by atoms with Crippen molar-refractivity contribution in [2.45, 2.75) is 12.3 Å². The second-order valence-electron chi connectivity index (χ2n) is 3.43. The Morgan fingerprint density at radius 3 is 1.94 bits per heavy atom. The number of carbonyl (C=O) groups is 2. The lowest BCUT2D eigenvalue weighted by Gasteiger charge is -2.11. The van der Waals surface area contributed by atoms with Crippen molar-refractivity contribution in [1.29, 1.82) is 0 Å². The minimum absolute atomic E-state index is 0.475.